The summed E-state index contributed by atoms with van der Waals surface area (Å²) in [6.07, 6.45) is 1.90. The average Bonchev–Trinajstić information content (AvgIpc) is 2.70. The number of hydrogen-bond donors (Lipinski definition) is 1. The lowest BCUT2D eigenvalue weighted by Gasteiger charge is -2.33. The molecule has 2 aromatic rings. The molecule has 6 heteroatoms. The normalized spacial score (nSPS) is 18.3. The van der Waals surface area contributed by atoms with Crippen molar-refractivity contribution < 1.29 is 13.2 Å². The van der Waals surface area contributed by atoms with Crippen molar-refractivity contribution >= 4 is 10.0 Å². The highest BCUT2D eigenvalue weighted by molar-refractivity contribution is 7.89. The molecule has 3 rings (SSSR count). The number of nitrogens with zero attached hydrogens (tertiary/aromatic N) is 1. The lowest BCUT2D eigenvalue weighted by molar-refractivity contribution is -0.0303. The second kappa shape index (κ2) is 9.65. The van der Waals surface area contributed by atoms with Crippen LogP contribution in [0.3, 0.4) is 0 Å². The summed E-state index contributed by atoms with van der Waals surface area (Å²) in [7, 11) is -3.43. The summed E-state index contributed by atoms with van der Waals surface area (Å²) in [4.78, 5) is 2.74. The fourth-order valence-electron chi connectivity index (χ4n) is 3.41. The summed E-state index contributed by atoms with van der Waals surface area (Å²) >= 11 is 0. The van der Waals surface area contributed by atoms with E-state index in [9.17, 15) is 8.42 Å². The fourth-order valence-corrected chi connectivity index (χ4v) is 4.57. The second-order valence-electron chi connectivity index (χ2n) is 7.42. The van der Waals surface area contributed by atoms with E-state index in [1.54, 1.807) is 12.1 Å². The minimum absolute atomic E-state index is 0.123. The molecule has 0 aromatic heterocycles. The van der Waals surface area contributed by atoms with Crippen LogP contribution in [0.15, 0.2) is 53.4 Å². The number of aryl methyl sites for hydroxylation is 2. The second-order valence-corrected chi connectivity index (χ2v) is 9.19. The molecule has 1 heterocycles. The van der Waals surface area contributed by atoms with Gasteiger partial charge in [0.2, 0.25) is 10.0 Å². The molecule has 0 radical (unpaired) electrons. The van der Waals surface area contributed by atoms with Gasteiger partial charge in [0.1, 0.15) is 0 Å². The molecule has 0 spiro atoms. The molecule has 1 fully saturated rings. The van der Waals surface area contributed by atoms with E-state index in [0.29, 0.717) is 11.4 Å². The van der Waals surface area contributed by atoms with Crippen molar-refractivity contribution in [3.8, 4) is 0 Å². The van der Waals surface area contributed by atoms with Crippen molar-refractivity contribution in [2.24, 2.45) is 0 Å². The van der Waals surface area contributed by atoms with Crippen molar-refractivity contribution in [2.45, 2.75) is 37.7 Å². The maximum atomic E-state index is 12.4. The third-order valence-corrected chi connectivity index (χ3v) is 6.76. The zero-order valence-corrected chi connectivity index (χ0v) is 17.5. The first-order chi connectivity index (χ1) is 13.5. The van der Waals surface area contributed by atoms with Gasteiger partial charge in [-0.1, -0.05) is 36.4 Å². The number of unbranched alkanes of at least 4 members (excludes halogenated alkanes) is 1. The molecule has 1 atom stereocenters. The Kier molecular flexibility index (Phi) is 7.24. The first kappa shape index (κ1) is 21.0. The van der Waals surface area contributed by atoms with Gasteiger partial charge in [-0.3, -0.25) is 4.90 Å². The van der Waals surface area contributed by atoms with E-state index >= 15 is 0 Å². The van der Waals surface area contributed by atoms with Crippen LogP contribution in [0.5, 0.6) is 0 Å². The minimum atomic E-state index is -3.43. The molecule has 0 aliphatic carbocycles. The van der Waals surface area contributed by atoms with Gasteiger partial charge in [-0.2, -0.15) is 0 Å². The van der Waals surface area contributed by atoms with Crippen LogP contribution in [0.2, 0.25) is 0 Å². The number of benzene rings is 2. The van der Waals surface area contributed by atoms with Crippen LogP contribution < -0.4 is 4.72 Å². The van der Waals surface area contributed by atoms with Gasteiger partial charge < -0.3 is 4.74 Å². The van der Waals surface area contributed by atoms with Crippen LogP contribution in [0.4, 0.5) is 0 Å². The lowest BCUT2D eigenvalue weighted by Crippen LogP contribution is -2.39. The highest BCUT2D eigenvalue weighted by Gasteiger charge is 2.21. The Balaban J connectivity index is 1.41. The maximum absolute atomic E-state index is 12.4. The van der Waals surface area contributed by atoms with Crippen LogP contribution in [-0.2, 0) is 14.8 Å². The summed E-state index contributed by atoms with van der Waals surface area (Å²) in [6, 6.07) is 15.6. The standard InChI is InChI=1S/C22H30N2O3S/c1-18-10-11-21(16-19(18)2)28(25,26)23-12-6-7-13-24-14-15-27-22(17-24)20-8-4-3-5-9-20/h3-5,8-11,16,22-23H,6-7,12-15,17H2,1-2H3/t22-/m0/s1. The molecule has 0 amide bonds. The number of morpholine rings is 1. The molecule has 1 N–H and O–H groups in total. The van der Waals surface area contributed by atoms with E-state index in [4.69, 9.17) is 4.74 Å². The first-order valence-corrected chi connectivity index (χ1v) is 11.4. The maximum Gasteiger partial charge on any atom is 0.240 e. The SMILES string of the molecule is Cc1ccc(S(=O)(=O)NCCCCN2CCO[C@H](c3ccccc3)C2)cc1C. The Morgan fingerprint density at radius 3 is 2.61 bits per heavy atom. The van der Waals surface area contributed by atoms with Crippen molar-refractivity contribution in [2.75, 3.05) is 32.8 Å². The summed E-state index contributed by atoms with van der Waals surface area (Å²) in [5.74, 6) is 0. The molecular formula is C22H30N2O3S. The number of rotatable bonds is 8. The van der Waals surface area contributed by atoms with Crippen LogP contribution in [0.25, 0.3) is 0 Å². The third-order valence-electron chi connectivity index (χ3n) is 5.30. The Labute approximate surface area is 168 Å². The molecule has 1 aliphatic heterocycles. The molecule has 0 saturated carbocycles. The van der Waals surface area contributed by atoms with E-state index in [2.05, 4.69) is 21.8 Å². The molecular weight excluding hydrogens is 372 g/mol. The molecule has 1 saturated heterocycles. The summed E-state index contributed by atoms with van der Waals surface area (Å²) in [5, 5.41) is 0. The van der Waals surface area contributed by atoms with Gasteiger partial charge in [-0.05, 0) is 62.1 Å². The van der Waals surface area contributed by atoms with Crippen LogP contribution in [0.1, 0.15) is 35.6 Å². The van der Waals surface area contributed by atoms with Crippen molar-refractivity contribution in [3.05, 3.63) is 65.2 Å². The first-order valence-electron chi connectivity index (χ1n) is 9.91. The smallest absolute Gasteiger partial charge is 0.240 e. The Morgan fingerprint density at radius 1 is 1.07 bits per heavy atom. The van der Waals surface area contributed by atoms with E-state index in [1.807, 2.05) is 38.1 Å². The number of nitrogens with one attached hydrogen (secondary N) is 1. The quantitative estimate of drug-likeness (QED) is 0.687. The van der Waals surface area contributed by atoms with Crippen LogP contribution in [-0.4, -0.2) is 46.1 Å². The summed E-state index contributed by atoms with van der Waals surface area (Å²) in [5.41, 5.74) is 3.30. The largest absolute Gasteiger partial charge is 0.371 e. The van der Waals surface area contributed by atoms with E-state index in [-0.39, 0.29) is 6.10 Å². The molecule has 0 bridgehead atoms. The Morgan fingerprint density at radius 2 is 1.86 bits per heavy atom. The number of sulfonamides is 1. The zero-order chi connectivity index (χ0) is 20.0. The molecule has 28 heavy (non-hydrogen) atoms. The van der Waals surface area contributed by atoms with Gasteiger partial charge in [0.05, 0.1) is 17.6 Å². The molecule has 5 nitrogen and oxygen atoms in total. The third kappa shape index (κ3) is 5.64. The van der Waals surface area contributed by atoms with E-state index < -0.39 is 10.0 Å². The summed E-state index contributed by atoms with van der Waals surface area (Å²) < 4.78 is 33.5. The Bertz CT molecular complexity index is 869. The van der Waals surface area contributed by atoms with Gasteiger partial charge in [0.25, 0.3) is 0 Å². The van der Waals surface area contributed by atoms with Gasteiger partial charge in [-0.15, -0.1) is 0 Å². The monoisotopic (exact) mass is 402 g/mol. The average molecular weight is 403 g/mol. The summed E-state index contributed by atoms with van der Waals surface area (Å²) in [6.45, 7) is 7.88. The van der Waals surface area contributed by atoms with E-state index in [1.165, 1.54) is 5.56 Å². The number of ether oxygens (including phenoxy) is 1. The zero-order valence-electron chi connectivity index (χ0n) is 16.7. The van der Waals surface area contributed by atoms with Crippen LogP contribution >= 0.6 is 0 Å². The predicted octanol–water partition coefficient (Wildman–Crippen LogP) is 3.44. The number of hydrogen-bond acceptors (Lipinski definition) is 4. The van der Waals surface area contributed by atoms with E-state index in [0.717, 1.165) is 50.2 Å². The molecule has 152 valence electrons. The Hall–Kier alpha value is -1.73. The highest BCUT2D eigenvalue weighted by atomic mass is 32.2. The topological polar surface area (TPSA) is 58.6 Å². The molecule has 2 aromatic carbocycles. The molecule has 0 unspecified atom stereocenters. The fraction of sp³-hybridized carbons (Fsp3) is 0.455. The van der Waals surface area contributed by atoms with Crippen molar-refractivity contribution in [3.63, 3.8) is 0 Å². The lowest BCUT2D eigenvalue weighted by atomic mass is 10.1. The minimum Gasteiger partial charge on any atom is -0.371 e. The van der Waals surface area contributed by atoms with Crippen molar-refractivity contribution in [1.82, 2.24) is 9.62 Å². The predicted molar refractivity (Wildman–Crippen MR) is 112 cm³/mol. The van der Waals surface area contributed by atoms with Gasteiger partial charge in [0.15, 0.2) is 0 Å². The molecule has 1 aliphatic rings. The van der Waals surface area contributed by atoms with Crippen LogP contribution in [0, 0.1) is 13.8 Å². The van der Waals surface area contributed by atoms with Crippen molar-refractivity contribution in [1.29, 1.82) is 0 Å². The van der Waals surface area contributed by atoms with Gasteiger partial charge >= 0.3 is 0 Å². The van der Waals surface area contributed by atoms with Gasteiger partial charge in [-0.25, -0.2) is 13.1 Å². The van der Waals surface area contributed by atoms with Gasteiger partial charge in [0, 0.05) is 19.6 Å². The highest BCUT2D eigenvalue weighted by Crippen LogP contribution is 2.22.